The van der Waals surface area contributed by atoms with Gasteiger partial charge in [-0.25, -0.2) is 9.37 Å². The predicted octanol–water partition coefficient (Wildman–Crippen LogP) is 2.90. The van der Waals surface area contributed by atoms with Gasteiger partial charge in [-0.1, -0.05) is 0 Å². The predicted molar refractivity (Wildman–Crippen MR) is 69.7 cm³/mol. The molecular weight excluding hydrogens is 231 g/mol. The minimum Gasteiger partial charge on any atom is -0.396 e. The first-order valence-electron chi connectivity index (χ1n) is 5.66. The Morgan fingerprint density at radius 3 is 2.61 bits per heavy atom. The van der Waals surface area contributed by atoms with E-state index in [4.69, 9.17) is 5.73 Å². The lowest BCUT2D eigenvalue weighted by atomic mass is 10.2. The third kappa shape index (κ3) is 1.55. The van der Waals surface area contributed by atoms with Gasteiger partial charge in [0.2, 0.25) is 0 Å². The van der Waals surface area contributed by atoms with Crippen LogP contribution in [0.25, 0.3) is 22.3 Å². The Kier molecular flexibility index (Phi) is 2.16. The molecule has 18 heavy (non-hydrogen) atoms. The van der Waals surface area contributed by atoms with Crippen LogP contribution in [0.2, 0.25) is 0 Å². The van der Waals surface area contributed by atoms with Crippen LogP contribution in [0.3, 0.4) is 0 Å². The van der Waals surface area contributed by atoms with E-state index in [1.54, 1.807) is 6.07 Å². The van der Waals surface area contributed by atoms with Gasteiger partial charge >= 0.3 is 0 Å². The zero-order valence-electron chi connectivity index (χ0n) is 10.1. The van der Waals surface area contributed by atoms with Gasteiger partial charge in [-0.2, -0.15) is 0 Å². The van der Waals surface area contributed by atoms with E-state index in [-0.39, 0.29) is 5.69 Å². The lowest BCUT2D eigenvalue weighted by Gasteiger charge is -1.95. The van der Waals surface area contributed by atoms with E-state index in [0.29, 0.717) is 0 Å². The van der Waals surface area contributed by atoms with Crippen molar-refractivity contribution in [1.29, 1.82) is 0 Å². The first-order chi connectivity index (χ1) is 8.54. The van der Waals surface area contributed by atoms with Crippen molar-refractivity contribution in [2.45, 2.75) is 13.8 Å². The summed E-state index contributed by atoms with van der Waals surface area (Å²) in [7, 11) is 0. The van der Waals surface area contributed by atoms with Crippen LogP contribution < -0.4 is 5.73 Å². The highest BCUT2D eigenvalue weighted by molar-refractivity contribution is 5.88. The number of rotatable bonds is 1. The van der Waals surface area contributed by atoms with Gasteiger partial charge in [0.25, 0.3) is 0 Å². The Morgan fingerprint density at radius 2 is 1.94 bits per heavy atom. The van der Waals surface area contributed by atoms with Gasteiger partial charge in [0.1, 0.15) is 17.3 Å². The summed E-state index contributed by atoms with van der Waals surface area (Å²) in [6.45, 7) is 3.85. The molecule has 0 unspecified atom stereocenters. The zero-order valence-corrected chi connectivity index (χ0v) is 10.1. The molecule has 0 amide bonds. The summed E-state index contributed by atoms with van der Waals surface area (Å²) in [5.41, 5.74) is 9.19. The molecule has 2 heterocycles. The Morgan fingerprint density at radius 1 is 1.17 bits per heavy atom. The number of aromatic amines is 2. The van der Waals surface area contributed by atoms with Crippen LogP contribution in [0.1, 0.15) is 11.5 Å². The molecule has 0 aliphatic rings. The molecule has 0 saturated carbocycles. The number of fused-ring (bicyclic) bond motifs is 1. The fraction of sp³-hybridized carbons (Fsp3) is 0.154. The minimum absolute atomic E-state index is 0.144. The third-order valence-electron chi connectivity index (χ3n) is 3.00. The summed E-state index contributed by atoms with van der Waals surface area (Å²) >= 11 is 0. The molecule has 0 fully saturated rings. The van der Waals surface area contributed by atoms with E-state index in [1.165, 1.54) is 6.07 Å². The molecule has 1 aromatic carbocycles. The summed E-state index contributed by atoms with van der Waals surface area (Å²) in [4.78, 5) is 10.8. The van der Waals surface area contributed by atoms with E-state index in [0.717, 1.165) is 33.8 Å². The molecule has 0 spiro atoms. The Hall–Kier alpha value is -2.30. The Labute approximate surface area is 103 Å². The summed E-state index contributed by atoms with van der Waals surface area (Å²) in [5.74, 6) is 0.454. The van der Waals surface area contributed by atoms with Crippen molar-refractivity contribution in [2.24, 2.45) is 0 Å². The second-order valence-electron chi connectivity index (χ2n) is 4.44. The molecule has 4 nitrogen and oxygen atoms in total. The summed E-state index contributed by atoms with van der Waals surface area (Å²) in [6, 6.07) is 4.91. The van der Waals surface area contributed by atoms with Crippen molar-refractivity contribution in [1.82, 2.24) is 15.0 Å². The quantitative estimate of drug-likeness (QED) is 0.576. The number of nitrogens with one attached hydrogen (secondary N) is 2. The highest BCUT2D eigenvalue weighted by Crippen LogP contribution is 2.27. The number of aromatic nitrogens is 3. The smallest absolute Gasteiger partial charge is 0.146 e. The fourth-order valence-electron chi connectivity index (χ4n) is 2.17. The van der Waals surface area contributed by atoms with Crippen LogP contribution >= 0.6 is 0 Å². The molecule has 92 valence electrons. The molecule has 4 N–H and O–H groups in total. The molecule has 0 radical (unpaired) electrons. The minimum atomic E-state index is -0.400. The number of H-pyrrole nitrogens is 2. The van der Waals surface area contributed by atoms with Crippen LogP contribution in [-0.4, -0.2) is 15.0 Å². The van der Waals surface area contributed by atoms with Gasteiger partial charge in [-0.15, -0.1) is 0 Å². The van der Waals surface area contributed by atoms with Crippen LogP contribution in [0, 0.1) is 19.7 Å². The van der Waals surface area contributed by atoms with Crippen molar-refractivity contribution in [3.63, 3.8) is 0 Å². The summed E-state index contributed by atoms with van der Waals surface area (Å²) in [5, 5.41) is 0.789. The van der Waals surface area contributed by atoms with E-state index in [1.807, 2.05) is 19.9 Å². The van der Waals surface area contributed by atoms with Gasteiger partial charge in [0.05, 0.1) is 11.4 Å². The molecule has 0 saturated heterocycles. The number of imidazole rings is 1. The molecule has 2 aromatic heterocycles. The van der Waals surface area contributed by atoms with E-state index >= 15 is 0 Å². The second kappa shape index (κ2) is 3.60. The second-order valence-corrected chi connectivity index (χ2v) is 4.44. The van der Waals surface area contributed by atoms with Gasteiger partial charge in [0, 0.05) is 16.6 Å². The maximum atomic E-state index is 13.4. The Bertz CT molecular complexity index is 700. The number of nitrogens with two attached hydrogens (primary N) is 1. The Balaban J connectivity index is 2.22. The van der Waals surface area contributed by atoms with Crippen LogP contribution in [0.5, 0.6) is 0 Å². The number of hydrogen-bond acceptors (Lipinski definition) is 2. The monoisotopic (exact) mass is 244 g/mol. The van der Waals surface area contributed by atoms with Crippen molar-refractivity contribution >= 4 is 16.6 Å². The van der Waals surface area contributed by atoms with Gasteiger partial charge < -0.3 is 15.7 Å². The number of nitrogen functional groups attached to an aromatic ring is 1. The van der Waals surface area contributed by atoms with Crippen LogP contribution in [0.4, 0.5) is 10.1 Å². The maximum Gasteiger partial charge on any atom is 0.146 e. The lowest BCUT2D eigenvalue weighted by molar-refractivity contribution is 0.634. The van der Waals surface area contributed by atoms with Crippen molar-refractivity contribution in [3.05, 3.63) is 35.5 Å². The molecule has 0 aliphatic carbocycles. The number of halogens is 1. The molecule has 3 rings (SSSR count). The third-order valence-corrected chi connectivity index (χ3v) is 3.00. The van der Waals surface area contributed by atoms with Gasteiger partial charge in [-0.05, 0) is 32.0 Å². The molecule has 0 atom stereocenters. The fourth-order valence-corrected chi connectivity index (χ4v) is 2.17. The maximum absolute atomic E-state index is 13.4. The van der Waals surface area contributed by atoms with E-state index in [2.05, 4.69) is 15.0 Å². The molecule has 5 heteroatoms. The number of aryl methyl sites for hydroxylation is 2. The lowest BCUT2D eigenvalue weighted by Crippen LogP contribution is -1.89. The van der Waals surface area contributed by atoms with Crippen LogP contribution in [0.15, 0.2) is 18.2 Å². The van der Waals surface area contributed by atoms with Crippen molar-refractivity contribution in [3.8, 4) is 11.4 Å². The van der Waals surface area contributed by atoms with Gasteiger partial charge in [0.15, 0.2) is 0 Å². The zero-order chi connectivity index (χ0) is 12.9. The largest absolute Gasteiger partial charge is 0.396 e. The van der Waals surface area contributed by atoms with Crippen molar-refractivity contribution in [2.75, 3.05) is 5.73 Å². The topological polar surface area (TPSA) is 70.5 Å². The average Bonchev–Trinajstić information content (AvgIpc) is 2.82. The normalized spacial score (nSPS) is 11.3. The summed E-state index contributed by atoms with van der Waals surface area (Å²) in [6.07, 6.45) is 0. The van der Waals surface area contributed by atoms with E-state index < -0.39 is 5.82 Å². The SMILES string of the molecule is Cc1nc(-c2cc3cc(F)c(N)cc3[nH]2)c(C)[nH]1. The molecule has 3 aromatic rings. The van der Waals surface area contributed by atoms with Gasteiger partial charge in [-0.3, -0.25) is 0 Å². The van der Waals surface area contributed by atoms with Crippen LogP contribution in [-0.2, 0) is 0 Å². The first kappa shape index (κ1) is 10.8. The van der Waals surface area contributed by atoms with Crippen molar-refractivity contribution < 1.29 is 4.39 Å². The number of anilines is 1. The summed E-state index contributed by atoms with van der Waals surface area (Å²) < 4.78 is 13.4. The standard InChI is InChI=1S/C13H13FN4/c1-6-13(17-7(2)16-6)12-4-8-3-9(14)10(15)5-11(8)18-12/h3-5,18H,15H2,1-2H3,(H,16,17). The number of nitrogens with zero attached hydrogens (tertiary/aromatic N) is 1. The highest BCUT2D eigenvalue weighted by atomic mass is 19.1. The highest BCUT2D eigenvalue weighted by Gasteiger charge is 2.11. The number of benzene rings is 1. The average molecular weight is 244 g/mol. The molecule has 0 bridgehead atoms. The molecule has 0 aliphatic heterocycles. The molecular formula is C13H13FN4. The number of hydrogen-bond donors (Lipinski definition) is 3. The van der Waals surface area contributed by atoms with E-state index in [9.17, 15) is 4.39 Å². The first-order valence-corrected chi connectivity index (χ1v) is 5.66.